The molecule has 10 saturated heterocycles. The lowest BCUT2D eigenvalue weighted by atomic mass is 9.93. The van der Waals surface area contributed by atoms with Crippen LogP contribution in [0.4, 0.5) is 0 Å². The first-order valence-corrected chi connectivity index (χ1v) is 39.1. The molecule has 10 aliphatic heterocycles. The van der Waals surface area contributed by atoms with Crippen LogP contribution < -0.4 is 21.3 Å². The minimum atomic E-state index is -2.61. The van der Waals surface area contributed by atoms with Gasteiger partial charge in [0.15, 0.2) is 62.9 Å². The van der Waals surface area contributed by atoms with E-state index in [2.05, 4.69) is 21.3 Å². The molecule has 0 radical (unpaired) electrons. The molecule has 0 saturated carbocycles. The summed E-state index contributed by atoms with van der Waals surface area (Å²) in [7, 11) is 0. The standard InChI is InChI=1S/C68H114N4O51/c1-15(82)69-29-38(91)51(23(9-77)106-59(29)104)116-60-30(70-16(2)83)39(92)54(26(12-80)111-60)119-66-50(103)56(121-68-58(45(98)36(89)22(8-76)110-68)123-62-32(72-18(4)85)41(94)52(24(10-78)113-62)117-63-47(100)42(95)33(86)19(5-73)107-63)37(90)28(115-66)14-105-67-57(44(97)35(88)21(7-75)109-67)122-61-31(71-17(3)84)40(93)53(25(11-79)112-61)118-65-49(102)46(99)55(27(13-81)114-65)120-64-48(101)43(96)34(87)20(6-74)108-64/h19-68,73-81,86-104H,5-14H2,1-4H3,(H,69,82)(H,70,83)(H,71,84)(H,72,85)/t19-,20-,21-,22-,23-,24-,25-,26-,27-,28-,29-,30-,31-,32-,33+,34+,35-,36-,37-,38-,39-,40-,41-,42+,43+,44+,45+,46-,47-,48-,49-,50+,51-,52-,53-,54-,55+,56+,57+,58+,59-,60+,61+,62+,63+,64+,65+,66+,67+,68-/m1/s1. The van der Waals surface area contributed by atoms with E-state index in [9.17, 15) is 162 Å². The Morgan fingerprint density at radius 2 is 0.439 bits per heavy atom. The number of hydrogen-bond acceptors (Lipinski definition) is 51. The molecule has 712 valence electrons. The number of amides is 4. The summed E-state index contributed by atoms with van der Waals surface area (Å²) in [5, 5.41) is 321. The van der Waals surface area contributed by atoms with Gasteiger partial charge in [-0.3, -0.25) is 19.2 Å². The summed E-state index contributed by atoms with van der Waals surface area (Å²) in [5.74, 6) is -3.72. The van der Waals surface area contributed by atoms with Crippen LogP contribution in [0.25, 0.3) is 0 Å². The van der Waals surface area contributed by atoms with E-state index in [1.165, 1.54) is 0 Å². The summed E-state index contributed by atoms with van der Waals surface area (Å²) in [6.07, 6.45) is -96.7. The van der Waals surface area contributed by atoms with E-state index in [0.717, 1.165) is 27.7 Å². The molecule has 0 aromatic rings. The highest BCUT2D eigenvalue weighted by Gasteiger charge is 2.62. The minimum Gasteiger partial charge on any atom is -0.394 e. The van der Waals surface area contributed by atoms with Gasteiger partial charge in [-0.15, -0.1) is 0 Å². The van der Waals surface area contributed by atoms with Crippen molar-refractivity contribution in [3.63, 3.8) is 0 Å². The number of carbonyl (C=O) groups is 4. The molecule has 0 aromatic heterocycles. The average Bonchev–Trinajstić information content (AvgIpc) is 0.775. The third kappa shape index (κ3) is 22.3. The van der Waals surface area contributed by atoms with Crippen LogP contribution in [0, 0.1) is 0 Å². The number of nitrogens with one attached hydrogen (secondary N) is 4. The minimum absolute atomic E-state index is 0.801. The second kappa shape index (κ2) is 44.3. The highest BCUT2D eigenvalue weighted by Crippen LogP contribution is 2.41. The van der Waals surface area contributed by atoms with Crippen molar-refractivity contribution in [2.75, 3.05) is 66.1 Å². The first-order valence-electron chi connectivity index (χ1n) is 39.1. The van der Waals surface area contributed by atoms with E-state index in [1.807, 2.05) is 0 Å². The summed E-state index contributed by atoms with van der Waals surface area (Å²) in [6, 6.07) is -7.59. The van der Waals surface area contributed by atoms with Crippen molar-refractivity contribution in [3.8, 4) is 0 Å². The SMILES string of the molecule is CC(=O)N[C@@H]1[C@@H](O)[C@H](O[C@@H]2O[C@H](CO)[C@@H](O[C@@H]3O[C@H](CO[C@H]4O[C@H](CO)[C@@H](O)[C@H](O)[C@@H]4O[C@@H]4O[C@H](CO)[C@@H](O[C@@H]5O[C@H](CO)[C@H](O[C@@H]6O[C@H](CO)[C@H](O)[C@H](O)[C@H]6O)[C@H](O)[C@H]5O)[C@H](O)[C@H]4NC(C)=O)[C@@H](O)[C@H](O[C@H]4O[C@H](CO)[C@@H](O)[C@H](O)[C@@H]4O[C@@H]4O[C@H](CO)[C@@H](O[C@@H]5O[C@H](CO)[C@H](O)[C@H](O)[C@H]5O)[C@H](O)[C@H]4NC(C)=O)[C@@H]3O)[C@H](O)[C@H]2NC(C)=O)[C@@H](CO)O[C@H]1O. The Bertz CT molecular complexity index is 3310. The number of rotatable bonds is 32. The van der Waals surface area contributed by atoms with Gasteiger partial charge >= 0.3 is 0 Å². The normalized spacial score (nSPS) is 49.4. The maximum atomic E-state index is 13.1. The Kier molecular flexibility index (Phi) is 36.4. The molecular formula is C68H114N4O51. The van der Waals surface area contributed by atoms with Crippen molar-refractivity contribution in [3.05, 3.63) is 0 Å². The first-order chi connectivity index (χ1) is 58.2. The number of ether oxygens (including phenoxy) is 19. The van der Waals surface area contributed by atoms with Crippen LogP contribution in [-0.2, 0) is 109 Å². The van der Waals surface area contributed by atoms with Crippen molar-refractivity contribution in [2.45, 2.75) is 335 Å². The van der Waals surface area contributed by atoms with Gasteiger partial charge in [-0.05, 0) is 0 Å². The van der Waals surface area contributed by atoms with Crippen molar-refractivity contribution in [1.29, 1.82) is 0 Å². The molecular weight excluding hydrogens is 1690 g/mol. The molecule has 4 amide bonds. The van der Waals surface area contributed by atoms with E-state index in [4.69, 9.17) is 90.0 Å². The van der Waals surface area contributed by atoms with Gasteiger partial charge in [0, 0.05) is 27.7 Å². The largest absolute Gasteiger partial charge is 0.394 e. The highest BCUT2D eigenvalue weighted by molar-refractivity contribution is 5.74. The van der Waals surface area contributed by atoms with Crippen LogP contribution in [0.1, 0.15) is 27.7 Å². The Hall–Kier alpha value is -4.00. The van der Waals surface area contributed by atoms with E-state index >= 15 is 0 Å². The molecule has 50 atom stereocenters. The molecule has 0 unspecified atom stereocenters. The first kappa shape index (κ1) is 101. The summed E-state index contributed by atoms with van der Waals surface area (Å²) < 4.78 is 112. The fourth-order valence-electron chi connectivity index (χ4n) is 15.9. The van der Waals surface area contributed by atoms with E-state index < -0.39 is 397 Å². The van der Waals surface area contributed by atoms with Crippen LogP contribution in [0.15, 0.2) is 0 Å². The molecule has 10 fully saturated rings. The molecule has 0 spiro atoms. The van der Waals surface area contributed by atoms with Gasteiger partial charge in [0.25, 0.3) is 0 Å². The number of aliphatic hydroxyl groups excluding tert-OH is 28. The zero-order chi connectivity index (χ0) is 90.5. The van der Waals surface area contributed by atoms with Crippen molar-refractivity contribution in [1.82, 2.24) is 21.3 Å². The van der Waals surface area contributed by atoms with Gasteiger partial charge in [0.1, 0.15) is 244 Å². The molecule has 55 nitrogen and oxygen atoms in total. The third-order valence-electron chi connectivity index (χ3n) is 22.5. The maximum Gasteiger partial charge on any atom is 0.217 e. The van der Waals surface area contributed by atoms with Crippen LogP contribution in [0.3, 0.4) is 0 Å². The zero-order valence-electron chi connectivity index (χ0n) is 65.9. The van der Waals surface area contributed by atoms with Gasteiger partial charge in [-0.1, -0.05) is 0 Å². The molecule has 10 aliphatic rings. The molecule has 123 heavy (non-hydrogen) atoms. The molecule has 55 heteroatoms. The smallest absolute Gasteiger partial charge is 0.217 e. The lowest BCUT2D eigenvalue weighted by Crippen LogP contribution is -2.71. The fourth-order valence-corrected chi connectivity index (χ4v) is 15.9. The predicted octanol–water partition coefficient (Wildman–Crippen LogP) is -22.2. The molecule has 0 aliphatic carbocycles. The average molecular weight is 1800 g/mol. The lowest BCUT2D eigenvalue weighted by Gasteiger charge is -2.51. The van der Waals surface area contributed by atoms with Gasteiger partial charge < -0.3 is 254 Å². The van der Waals surface area contributed by atoms with Gasteiger partial charge in [0.05, 0.1) is 66.1 Å². The molecule has 0 aromatic carbocycles. The van der Waals surface area contributed by atoms with Crippen molar-refractivity contribution >= 4 is 23.6 Å². The molecule has 10 heterocycles. The number of aliphatic hydroxyl groups is 28. The summed E-state index contributed by atoms with van der Waals surface area (Å²) >= 11 is 0. The van der Waals surface area contributed by atoms with E-state index in [0.29, 0.717) is 0 Å². The summed E-state index contributed by atoms with van der Waals surface area (Å²) in [4.78, 5) is 51.3. The van der Waals surface area contributed by atoms with Gasteiger partial charge in [-0.2, -0.15) is 0 Å². The van der Waals surface area contributed by atoms with Gasteiger partial charge in [0.2, 0.25) is 23.6 Å². The van der Waals surface area contributed by atoms with Crippen LogP contribution in [-0.4, -0.2) is 539 Å². The Morgan fingerprint density at radius 1 is 0.211 bits per heavy atom. The lowest BCUT2D eigenvalue weighted by molar-refractivity contribution is -0.399. The van der Waals surface area contributed by atoms with Crippen LogP contribution in [0.5, 0.6) is 0 Å². The Balaban J connectivity index is 0.957. The second-order valence-corrected chi connectivity index (χ2v) is 31.0. The molecule has 32 N–H and O–H groups in total. The molecule has 10 rings (SSSR count). The Labute approximate surface area is 695 Å². The van der Waals surface area contributed by atoms with E-state index in [1.54, 1.807) is 0 Å². The number of carbonyl (C=O) groups excluding carboxylic acids is 4. The fraction of sp³-hybridized carbons (Fsp3) is 0.941. The molecule has 0 bridgehead atoms. The summed E-state index contributed by atoms with van der Waals surface area (Å²) in [6.45, 7) is -7.39. The van der Waals surface area contributed by atoms with Crippen molar-refractivity contribution < 1.29 is 252 Å². The zero-order valence-corrected chi connectivity index (χ0v) is 65.9. The van der Waals surface area contributed by atoms with Crippen LogP contribution in [0.2, 0.25) is 0 Å². The third-order valence-corrected chi connectivity index (χ3v) is 22.5. The monoisotopic (exact) mass is 1800 g/mol. The quantitative estimate of drug-likeness (QED) is 0.0297. The van der Waals surface area contributed by atoms with Gasteiger partial charge in [-0.25, -0.2) is 0 Å². The predicted molar refractivity (Wildman–Crippen MR) is 376 cm³/mol. The number of hydrogen-bond donors (Lipinski definition) is 32. The van der Waals surface area contributed by atoms with Crippen LogP contribution >= 0.6 is 0 Å². The van der Waals surface area contributed by atoms with Crippen molar-refractivity contribution in [2.24, 2.45) is 0 Å². The topological polar surface area (TPSA) is 858 Å². The second-order valence-electron chi connectivity index (χ2n) is 31.0. The summed E-state index contributed by atoms with van der Waals surface area (Å²) in [5.41, 5.74) is 0. The van der Waals surface area contributed by atoms with E-state index in [-0.39, 0.29) is 0 Å². The maximum absolute atomic E-state index is 13.1. The highest BCUT2D eigenvalue weighted by atomic mass is 16.8. The Morgan fingerprint density at radius 3 is 0.789 bits per heavy atom.